The van der Waals surface area contributed by atoms with Gasteiger partial charge in [-0.1, -0.05) is 41.4 Å². The first kappa shape index (κ1) is 20.5. The molecule has 0 radical (unpaired) electrons. The molecular weight excluding hydrogens is 405 g/mol. The maximum absolute atomic E-state index is 13.1. The van der Waals surface area contributed by atoms with E-state index in [4.69, 9.17) is 23.2 Å². The molecule has 2 aliphatic heterocycles. The molecule has 29 heavy (non-hydrogen) atoms. The molecule has 6 heteroatoms. The first-order valence-electron chi connectivity index (χ1n) is 10.2. The van der Waals surface area contributed by atoms with Gasteiger partial charge in [0.05, 0.1) is 16.5 Å². The van der Waals surface area contributed by atoms with Gasteiger partial charge in [0.25, 0.3) is 0 Å². The number of hydrogen-bond donors (Lipinski definition) is 0. The average molecular weight is 432 g/mol. The number of hydrogen-bond acceptors (Lipinski definition) is 3. The standard InChI is InChI=1S/C23H27Cl2N3O/c1-15-13-27(14-16(2)26(15)3)19-8-7-17-9-10-28(21(17)12-19)22(29)11-18-5-4-6-20(24)23(18)25/h4-8,12,15-16H,9-11,13-14H2,1-3H3/t15-,16+. The summed E-state index contributed by atoms with van der Waals surface area (Å²) in [5.41, 5.74) is 4.23. The van der Waals surface area contributed by atoms with Crippen LogP contribution in [0.5, 0.6) is 0 Å². The SMILES string of the molecule is C[C@@H]1CN(c2ccc3c(c2)N(C(=O)Cc2cccc(Cl)c2Cl)CC3)C[C@H](C)N1C. The molecule has 2 atom stereocenters. The molecule has 0 bridgehead atoms. The highest BCUT2D eigenvalue weighted by Crippen LogP contribution is 2.34. The highest BCUT2D eigenvalue weighted by Gasteiger charge is 2.29. The zero-order valence-electron chi connectivity index (χ0n) is 17.2. The van der Waals surface area contributed by atoms with Crippen molar-refractivity contribution in [2.45, 2.75) is 38.8 Å². The number of amides is 1. The van der Waals surface area contributed by atoms with E-state index in [0.29, 0.717) is 28.7 Å². The lowest BCUT2D eigenvalue weighted by atomic mass is 10.1. The number of halogens is 2. The summed E-state index contributed by atoms with van der Waals surface area (Å²) in [4.78, 5) is 19.8. The highest BCUT2D eigenvalue weighted by molar-refractivity contribution is 6.42. The van der Waals surface area contributed by atoms with Crippen molar-refractivity contribution in [2.75, 3.05) is 36.5 Å². The number of nitrogens with zero attached hydrogens (tertiary/aromatic N) is 3. The van der Waals surface area contributed by atoms with Crippen LogP contribution in [0.25, 0.3) is 0 Å². The van der Waals surface area contributed by atoms with Crippen LogP contribution < -0.4 is 9.80 Å². The first-order chi connectivity index (χ1) is 13.8. The van der Waals surface area contributed by atoms with Crippen LogP contribution in [-0.4, -0.2) is 49.6 Å². The molecule has 0 saturated carbocycles. The molecule has 0 aliphatic carbocycles. The summed E-state index contributed by atoms with van der Waals surface area (Å²) in [5, 5.41) is 0.954. The fourth-order valence-electron chi connectivity index (χ4n) is 4.38. The van der Waals surface area contributed by atoms with Crippen LogP contribution in [0.3, 0.4) is 0 Å². The molecule has 2 aromatic rings. The van der Waals surface area contributed by atoms with Gasteiger partial charge in [0.15, 0.2) is 0 Å². The molecule has 0 N–H and O–H groups in total. The molecule has 154 valence electrons. The lowest BCUT2D eigenvalue weighted by Crippen LogP contribution is -2.55. The van der Waals surface area contributed by atoms with E-state index in [0.717, 1.165) is 30.8 Å². The van der Waals surface area contributed by atoms with E-state index < -0.39 is 0 Å². The summed E-state index contributed by atoms with van der Waals surface area (Å²) >= 11 is 12.4. The highest BCUT2D eigenvalue weighted by atomic mass is 35.5. The van der Waals surface area contributed by atoms with Crippen LogP contribution in [-0.2, 0) is 17.6 Å². The van der Waals surface area contributed by atoms with Crippen LogP contribution in [0.1, 0.15) is 25.0 Å². The Morgan fingerprint density at radius 3 is 2.55 bits per heavy atom. The first-order valence-corrected chi connectivity index (χ1v) is 10.9. The van der Waals surface area contributed by atoms with Crippen LogP contribution in [0.15, 0.2) is 36.4 Å². The number of anilines is 2. The molecule has 2 heterocycles. The predicted molar refractivity (Wildman–Crippen MR) is 122 cm³/mol. The quantitative estimate of drug-likeness (QED) is 0.706. The van der Waals surface area contributed by atoms with Crippen molar-refractivity contribution < 1.29 is 4.79 Å². The largest absolute Gasteiger partial charge is 0.368 e. The minimum atomic E-state index is 0.0604. The second-order valence-corrected chi connectivity index (χ2v) is 9.05. The summed E-state index contributed by atoms with van der Waals surface area (Å²) in [6.45, 7) is 7.23. The second kappa shape index (κ2) is 8.17. The number of piperazine rings is 1. The third kappa shape index (κ3) is 3.98. The van der Waals surface area contributed by atoms with E-state index in [1.54, 1.807) is 6.07 Å². The van der Waals surface area contributed by atoms with Crippen molar-refractivity contribution in [3.8, 4) is 0 Å². The van der Waals surface area contributed by atoms with Gasteiger partial charge in [0, 0.05) is 43.1 Å². The van der Waals surface area contributed by atoms with Crippen molar-refractivity contribution in [2.24, 2.45) is 0 Å². The van der Waals surface area contributed by atoms with Gasteiger partial charge in [0.2, 0.25) is 5.91 Å². The van der Waals surface area contributed by atoms with E-state index in [1.165, 1.54) is 11.3 Å². The van der Waals surface area contributed by atoms with E-state index >= 15 is 0 Å². The van der Waals surface area contributed by atoms with Gasteiger partial charge >= 0.3 is 0 Å². The number of fused-ring (bicyclic) bond motifs is 1. The van der Waals surface area contributed by atoms with Crippen molar-refractivity contribution in [1.29, 1.82) is 0 Å². The third-order valence-electron chi connectivity index (χ3n) is 6.36. The Bertz CT molecular complexity index is 920. The minimum Gasteiger partial charge on any atom is -0.368 e. The Morgan fingerprint density at radius 1 is 1.10 bits per heavy atom. The van der Waals surface area contributed by atoms with Crippen LogP contribution in [0.4, 0.5) is 11.4 Å². The Hall–Kier alpha value is -1.75. The Labute approximate surface area is 183 Å². The number of carbonyl (C=O) groups excluding carboxylic acids is 1. The molecule has 2 aromatic carbocycles. The topological polar surface area (TPSA) is 26.8 Å². The average Bonchev–Trinajstić information content (AvgIpc) is 3.12. The summed E-state index contributed by atoms with van der Waals surface area (Å²) in [7, 11) is 2.19. The molecule has 2 aliphatic rings. The number of carbonyl (C=O) groups is 1. The number of rotatable bonds is 3. The summed E-state index contributed by atoms with van der Waals surface area (Å²) in [6, 6.07) is 13.0. The molecule has 0 spiro atoms. The number of likely N-dealkylation sites (N-methyl/N-ethyl adjacent to an activating group) is 1. The fourth-order valence-corrected chi connectivity index (χ4v) is 4.77. The van der Waals surface area contributed by atoms with Gasteiger partial charge in [-0.2, -0.15) is 0 Å². The number of benzene rings is 2. The summed E-state index contributed by atoms with van der Waals surface area (Å²) < 4.78 is 0. The van der Waals surface area contributed by atoms with E-state index in [1.807, 2.05) is 17.0 Å². The van der Waals surface area contributed by atoms with Crippen molar-refractivity contribution >= 4 is 40.5 Å². The zero-order chi connectivity index (χ0) is 20.7. The van der Waals surface area contributed by atoms with Gasteiger partial charge in [-0.3, -0.25) is 9.69 Å². The van der Waals surface area contributed by atoms with Gasteiger partial charge in [-0.25, -0.2) is 0 Å². The van der Waals surface area contributed by atoms with Gasteiger partial charge in [-0.05, 0) is 56.6 Å². The summed E-state index contributed by atoms with van der Waals surface area (Å²) in [6.07, 6.45) is 1.14. The van der Waals surface area contributed by atoms with Crippen LogP contribution >= 0.6 is 23.2 Å². The lowest BCUT2D eigenvalue weighted by Gasteiger charge is -2.43. The normalized spacial score (nSPS) is 22.1. The molecule has 1 saturated heterocycles. The second-order valence-electron chi connectivity index (χ2n) is 8.27. The van der Waals surface area contributed by atoms with Gasteiger partial charge in [-0.15, -0.1) is 0 Å². The molecule has 0 unspecified atom stereocenters. The van der Waals surface area contributed by atoms with Crippen LogP contribution in [0, 0.1) is 0 Å². The van der Waals surface area contributed by atoms with Crippen molar-refractivity contribution in [3.63, 3.8) is 0 Å². The summed E-state index contributed by atoms with van der Waals surface area (Å²) in [5.74, 6) is 0.0604. The maximum atomic E-state index is 13.1. The van der Waals surface area contributed by atoms with E-state index in [2.05, 4.69) is 48.9 Å². The Balaban J connectivity index is 1.56. The lowest BCUT2D eigenvalue weighted by molar-refractivity contribution is -0.117. The van der Waals surface area contributed by atoms with Crippen molar-refractivity contribution in [1.82, 2.24) is 4.90 Å². The third-order valence-corrected chi connectivity index (χ3v) is 7.22. The van der Waals surface area contributed by atoms with Gasteiger partial charge < -0.3 is 9.80 Å². The smallest absolute Gasteiger partial charge is 0.231 e. The van der Waals surface area contributed by atoms with E-state index in [9.17, 15) is 4.79 Å². The van der Waals surface area contributed by atoms with Crippen molar-refractivity contribution in [3.05, 3.63) is 57.6 Å². The molecule has 4 nitrogen and oxygen atoms in total. The van der Waals surface area contributed by atoms with Gasteiger partial charge in [0.1, 0.15) is 0 Å². The maximum Gasteiger partial charge on any atom is 0.231 e. The molecule has 1 amide bonds. The molecule has 0 aromatic heterocycles. The van der Waals surface area contributed by atoms with E-state index in [-0.39, 0.29) is 12.3 Å². The Morgan fingerprint density at radius 2 is 1.83 bits per heavy atom. The fraction of sp³-hybridized carbons (Fsp3) is 0.435. The zero-order valence-corrected chi connectivity index (χ0v) is 18.7. The predicted octanol–water partition coefficient (Wildman–Crippen LogP) is 4.65. The molecular formula is C23H27Cl2N3O. The van der Waals surface area contributed by atoms with Crippen LogP contribution in [0.2, 0.25) is 10.0 Å². The minimum absolute atomic E-state index is 0.0604. The Kier molecular flexibility index (Phi) is 5.78. The monoisotopic (exact) mass is 431 g/mol. The molecule has 4 rings (SSSR count). The molecule has 1 fully saturated rings.